The smallest absolute Gasteiger partial charge is 0.0484 e. The van der Waals surface area contributed by atoms with Gasteiger partial charge in [-0.2, -0.15) is 0 Å². The minimum Gasteiger partial charge on any atom is -0.0484 e. The molecule has 0 atom stereocenters. The van der Waals surface area contributed by atoms with Gasteiger partial charge in [0.05, 0.1) is 0 Å². The number of alkyl halides is 5. The Labute approximate surface area is 234 Å². The number of hydrogen-bond acceptors (Lipinski definition) is 3. The molecule has 0 saturated carbocycles. The number of likely N-dealkylation sites (N-methyl/N-ethyl adjacent to an activating group) is 1. The van der Waals surface area contributed by atoms with Crippen LogP contribution in [0.4, 0.5) is 17.6 Å². The SMILES string of the molecule is CN(CCc1ccc(OC(F)(F)C(F)(F)I2OC(C)(C)c3ccccc32)cc1)C(=O)c1ccc(I)cc1. The molecule has 0 bridgehead atoms. The van der Waals surface area contributed by atoms with Gasteiger partial charge < -0.3 is 0 Å². The first-order valence-electron chi connectivity index (χ1n) is 11.4. The standard InChI is InChI=1S/C27H25F4I2NO3/c1-25(2)22-6-4-5-7-23(22)33(37-25)26(28,29)27(30,31)36-21-14-8-18(9-15-21)16-17-34(3)24(35)19-10-12-20(32)13-11-19/h4-15H,16-17H2,1-3H3. The molecule has 3 aromatic carbocycles. The Morgan fingerprint density at radius 1 is 1.00 bits per heavy atom. The number of hydrogen-bond donors (Lipinski definition) is 0. The van der Waals surface area contributed by atoms with Gasteiger partial charge in [0.2, 0.25) is 0 Å². The van der Waals surface area contributed by atoms with E-state index in [9.17, 15) is 13.6 Å². The summed E-state index contributed by atoms with van der Waals surface area (Å²) in [7, 11) is 1.68. The third kappa shape index (κ3) is 5.90. The molecule has 4 rings (SSSR count). The number of amides is 1. The summed E-state index contributed by atoms with van der Waals surface area (Å²) in [6.45, 7) is 3.59. The van der Waals surface area contributed by atoms with Crippen molar-refractivity contribution < 1.29 is 30.2 Å². The molecule has 37 heavy (non-hydrogen) atoms. The molecule has 0 aromatic heterocycles. The summed E-state index contributed by atoms with van der Waals surface area (Å²) in [4.78, 5) is 14.1. The van der Waals surface area contributed by atoms with Gasteiger partial charge >= 0.3 is 185 Å². The molecule has 10 heteroatoms. The Morgan fingerprint density at radius 2 is 1.62 bits per heavy atom. The predicted octanol–water partition coefficient (Wildman–Crippen LogP) is 7.73. The fourth-order valence-corrected chi connectivity index (χ4v) is 9.31. The zero-order valence-electron chi connectivity index (χ0n) is 20.3. The van der Waals surface area contributed by atoms with Gasteiger partial charge in [0.1, 0.15) is 0 Å². The Balaban J connectivity index is 1.40. The van der Waals surface area contributed by atoms with E-state index in [1.807, 2.05) is 12.1 Å². The van der Waals surface area contributed by atoms with Gasteiger partial charge in [-0.05, 0) is 46.9 Å². The van der Waals surface area contributed by atoms with Crippen LogP contribution in [0.3, 0.4) is 0 Å². The number of fused-ring (bicyclic) bond motifs is 1. The molecule has 0 saturated heterocycles. The van der Waals surface area contributed by atoms with Gasteiger partial charge in [0.25, 0.3) is 0 Å². The first kappa shape index (κ1) is 28.1. The molecule has 0 radical (unpaired) electrons. The van der Waals surface area contributed by atoms with E-state index in [2.05, 4.69) is 27.3 Å². The van der Waals surface area contributed by atoms with E-state index in [-0.39, 0.29) is 15.2 Å². The van der Waals surface area contributed by atoms with Crippen molar-refractivity contribution in [3.05, 3.63) is 96.6 Å². The summed E-state index contributed by atoms with van der Waals surface area (Å²) in [5, 5.41) is 0. The van der Waals surface area contributed by atoms with Crippen LogP contribution >= 0.6 is 42.8 Å². The van der Waals surface area contributed by atoms with Crippen molar-refractivity contribution in [1.82, 2.24) is 4.90 Å². The average molecular weight is 741 g/mol. The molecule has 198 valence electrons. The average Bonchev–Trinajstić information content (AvgIpc) is 3.14. The summed E-state index contributed by atoms with van der Waals surface area (Å²) in [5.41, 5.74) is 0.743. The van der Waals surface area contributed by atoms with Crippen molar-refractivity contribution >= 4 is 48.7 Å². The van der Waals surface area contributed by atoms with Crippen LogP contribution in [0.15, 0.2) is 72.8 Å². The van der Waals surface area contributed by atoms with Gasteiger partial charge in [-0.25, -0.2) is 0 Å². The molecule has 1 aliphatic rings. The summed E-state index contributed by atoms with van der Waals surface area (Å²) in [6, 6.07) is 19.0. The van der Waals surface area contributed by atoms with E-state index in [0.29, 0.717) is 24.1 Å². The molecule has 1 amide bonds. The Morgan fingerprint density at radius 3 is 2.27 bits per heavy atom. The van der Waals surface area contributed by atoms with E-state index in [4.69, 9.17) is 3.07 Å². The number of carbonyl (C=O) groups excluding carboxylic acids is 1. The van der Waals surface area contributed by atoms with Gasteiger partial charge in [-0.1, -0.05) is 0 Å². The van der Waals surface area contributed by atoms with Crippen molar-refractivity contribution in [3.8, 4) is 5.75 Å². The summed E-state index contributed by atoms with van der Waals surface area (Å²) >= 11 is -1.96. The normalized spacial score (nSPS) is 15.8. The molecule has 0 N–H and O–H groups in total. The van der Waals surface area contributed by atoms with Crippen LogP contribution in [0.25, 0.3) is 0 Å². The molecule has 1 heterocycles. The van der Waals surface area contributed by atoms with Crippen LogP contribution in [0.1, 0.15) is 35.3 Å². The van der Waals surface area contributed by atoms with Crippen LogP contribution in [0.5, 0.6) is 5.75 Å². The number of ether oxygens (including phenoxy) is 1. The molecular weight excluding hydrogens is 716 g/mol. The number of benzene rings is 3. The third-order valence-electron chi connectivity index (χ3n) is 5.87. The molecule has 3 aromatic rings. The molecule has 0 fully saturated rings. The number of rotatable bonds is 8. The van der Waals surface area contributed by atoms with E-state index in [0.717, 1.165) is 9.13 Å². The minimum atomic E-state index is -4.76. The topological polar surface area (TPSA) is 38.8 Å². The Kier molecular flexibility index (Phi) is 8.11. The van der Waals surface area contributed by atoms with E-state index < -0.39 is 35.9 Å². The molecule has 0 aliphatic carbocycles. The Bertz CT molecular complexity index is 1270. The second kappa shape index (κ2) is 10.7. The van der Waals surface area contributed by atoms with Crippen molar-refractivity contribution in [2.75, 3.05) is 13.6 Å². The molecule has 0 spiro atoms. The number of carbonyl (C=O) groups is 1. The second-order valence-corrected chi connectivity index (χ2v) is 14.7. The fraction of sp³-hybridized carbons (Fsp3) is 0.296. The van der Waals surface area contributed by atoms with Gasteiger partial charge in [-0.15, -0.1) is 0 Å². The fourth-order valence-electron chi connectivity index (χ4n) is 3.79. The van der Waals surface area contributed by atoms with Crippen LogP contribution in [0, 0.1) is 7.14 Å². The first-order valence-corrected chi connectivity index (χ1v) is 15.5. The Hall–Kier alpha value is -1.93. The molecule has 0 unspecified atom stereocenters. The maximum absolute atomic E-state index is 15.2. The predicted molar refractivity (Wildman–Crippen MR) is 150 cm³/mol. The monoisotopic (exact) mass is 741 g/mol. The van der Waals surface area contributed by atoms with Gasteiger partial charge in [0.15, 0.2) is 0 Å². The number of halogens is 6. The van der Waals surface area contributed by atoms with Crippen LogP contribution in [-0.4, -0.2) is 34.4 Å². The summed E-state index contributed by atoms with van der Waals surface area (Å²) in [6.07, 6.45) is -4.30. The van der Waals surface area contributed by atoms with Crippen molar-refractivity contribution in [2.24, 2.45) is 0 Å². The van der Waals surface area contributed by atoms with E-state index in [1.165, 1.54) is 30.3 Å². The third-order valence-corrected chi connectivity index (χ3v) is 12.0. The van der Waals surface area contributed by atoms with E-state index >= 15 is 8.78 Å². The van der Waals surface area contributed by atoms with Gasteiger partial charge in [-0.3, -0.25) is 0 Å². The van der Waals surface area contributed by atoms with Crippen LogP contribution in [-0.2, 0) is 15.1 Å². The number of nitrogens with zero attached hydrogens (tertiary/aromatic N) is 1. The quantitative estimate of drug-likeness (QED) is 0.135. The summed E-state index contributed by atoms with van der Waals surface area (Å²) < 4.78 is 66.9. The first-order chi connectivity index (χ1) is 17.3. The van der Waals surface area contributed by atoms with Crippen LogP contribution in [0.2, 0.25) is 0 Å². The molecule has 1 aliphatic heterocycles. The molecular formula is C27H25F4I2NO3. The van der Waals surface area contributed by atoms with Gasteiger partial charge in [0, 0.05) is 3.57 Å². The molecule has 4 nitrogen and oxygen atoms in total. The van der Waals surface area contributed by atoms with E-state index in [1.54, 1.807) is 56.1 Å². The maximum atomic E-state index is 15.2. The van der Waals surface area contributed by atoms with Crippen molar-refractivity contribution in [3.63, 3.8) is 0 Å². The minimum absolute atomic E-state index is 0.137. The second-order valence-electron chi connectivity index (χ2n) is 9.06. The zero-order valence-corrected chi connectivity index (χ0v) is 24.6. The van der Waals surface area contributed by atoms with Crippen molar-refractivity contribution in [1.29, 1.82) is 0 Å². The zero-order chi connectivity index (χ0) is 27.0. The van der Waals surface area contributed by atoms with Crippen LogP contribution < -0.4 is 4.74 Å². The summed E-state index contributed by atoms with van der Waals surface area (Å²) in [5.74, 6) is -0.513. The van der Waals surface area contributed by atoms with Crippen molar-refractivity contribution in [2.45, 2.75) is 35.9 Å².